The first kappa shape index (κ1) is 27.7. The molecule has 0 aliphatic carbocycles. The predicted octanol–water partition coefficient (Wildman–Crippen LogP) is 4.22. The fourth-order valence-corrected chi connectivity index (χ4v) is 4.34. The molecule has 2 amide bonds. The van der Waals surface area contributed by atoms with Crippen LogP contribution in [0.4, 0.5) is 10.8 Å². The first-order valence-corrected chi connectivity index (χ1v) is 13.2. The number of halogens is 1. The smallest absolute Gasteiger partial charge is 0.258 e. The van der Waals surface area contributed by atoms with E-state index < -0.39 is 0 Å². The lowest BCUT2D eigenvalue weighted by molar-refractivity contribution is 0.101. The van der Waals surface area contributed by atoms with Crippen molar-refractivity contribution in [1.29, 1.82) is 5.26 Å². The van der Waals surface area contributed by atoms with Gasteiger partial charge in [-0.1, -0.05) is 41.9 Å². The molecule has 0 aliphatic heterocycles. The van der Waals surface area contributed by atoms with Crippen LogP contribution in [0.15, 0.2) is 78.3 Å². The third kappa shape index (κ3) is 6.65. The average molecular weight is 597 g/mol. The maximum absolute atomic E-state index is 12.2. The van der Waals surface area contributed by atoms with Gasteiger partial charge in [-0.25, -0.2) is 4.98 Å². The third-order valence-corrected chi connectivity index (χ3v) is 6.49. The number of H-pyrrole nitrogens is 2. The van der Waals surface area contributed by atoms with Gasteiger partial charge in [-0.05, 0) is 46.8 Å². The van der Waals surface area contributed by atoms with E-state index in [0.29, 0.717) is 44.2 Å². The Kier molecular flexibility index (Phi) is 8.58. The number of nitrogens with zero attached hydrogens (tertiary/aromatic N) is 8. The van der Waals surface area contributed by atoms with Gasteiger partial charge in [0.25, 0.3) is 11.8 Å². The molecule has 0 bridgehead atoms. The van der Waals surface area contributed by atoms with Gasteiger partial charge in [0.15, 0.2) is 5.13 Å². The van der Waals surface area contributed by atoms with Crippen molar-refractivity contribution in [2.75, 3.05) is 10.6 Å². The second kappa shape index (κ2) is 13.0. The Balaban J connectivity index is 0.000000168. The fourth-order valence-electron chi connectivity index (χ4n) is 3.55. The van der Waals surface area contributed by atoms with E-state index in [9.17, 15) is 14.9 Å². The minimum atomic E-state index is -0.388. The summed E-state index contributed by atoms with van der Waals surface area (Å²) in [5, 5.41) is 44.2. The molecule has 6 aromatic rings. The van der Waals surface area contributed by atoms with Gasteiger partial charge in [-0.2, -0.15) is 15.7 Å². The van der Waals surface area contributed by atoms with Crippen LogP contribution in [0.5, 0.6) is 0 Å². The highest BCUT2D eigenvalue weighted by Gasteiger charge is 2.15. The molecule has 0 saturated carbocycles. The van der Waals surface area contributed by atoms with E-state index in [-0.39, 0.29) is 22.9 Å². The number of carbonyl (C=O) groups excluding carboxylic acids is 2. The highest BCUT2D eigenvalue weighted by atomic mass is 35.5. The predicted molar refractivity (Wildman–Crippen MR) is 153 cm³/mol. The first-order valence-electron chi connectivity index (χ1n) is 11.9. The maximum Gasteiger partial charge on any atom is 0.258 e. The van der Waals surface area contributed by atoms with E-state index >= 15 is 0 Å². The molecule has 3 aromatic carbocycles. The molecule has 16 heteroatoms. The van der Waals surface area contributed by atoms with Gasteiger partial charge < -0.3 is 5.32 Å². The molecule has 0 saturated heterocycles. The Morgan fingerprint density at radius 3 is 2.05 bits per heavy atom. The first-order chi connectivity index (χ1) is 20.5. The van der Waals surface area contributed by atoms with Crippen LogP contribution in [0.2, 0.25) is 5.02 Å². The van der Waals surface area contributed by atoms with Crippen LogP contribution in [-0.4, -0.2) is 58.0 Å². The number of anilines is 2. The summed E-state index contributed by atoms with van der Waals surface area (Å²) in [6.45, 7) is 0. The molecule has 0 spiro atoms. The summed E-state index contributed by atoms with van der Waals surface area (Å²) in [6, 6.07) is 20.9. The summed E-state index contributed by atoms with van der Waals surface area (Å²) in [7, 11) is 0. The number of nitrogens with one attached hydrogen (secondary N) is 4. The van der Waals surface area contributed by atoms with Gasteiger partial charge >= 0.3 is 0 Å². The molecule has 14 nitrogen and oxygen atoms in total. The summed E-state index contributed by atoms with van der Waals surface area (Å²) in [5.41, 5.74) is 2.87. The van der Waals surface area contributed by atoms with Crippen LogP contribution in [0.3, 0.4) is 0 Å². The Bertz CT molecular complexity index is 1840. The molecule has 0 fully saturated rings. The zero-order chi connectivity index (χ0) is 29.3. The van der Waals surface area contributed by atoms with E-state index in [1.165, 1.54) is 11.3 Å². The van der Waals surface area contributed by atoms with Crippen LogP contribution in [0.1, 0.15) is 26.3 Å². The molecule has 3 heterocycles. The van der Waals surface area contributed by atoms with E-state index in [2.05, 4.69) is 56.9 Å². The van der Waals surface area contributed by atoms with Crippen LogP contribution in [0.25, 0.3) is 22.8 Å². The highest BCUT2D eigenvalue weighted by Crippen LogP contribution is 2.24. The van der Waals surface area contributed by atoms with Gasteiger partial charge in [0.2, 0.25) is 11.6 Å². The molecular weight excluding hydrogens is 580 g/mol. The number of thiazole rings is 1. The third-order valence-electron chi connectivity index (χ3n) is 5.49. The molecular formula is C26H17ClN12O2S. The van der Waals surface area contributed by atoms with Crippen molar-refractivity contribution in [2.24, 2.45) is 0 Å². The molecule has 4 N–H and O–H groups in total. The second-order valence-corrected chi connectivity index (χ2v) is 9.45. The van der Waals surface area contributed by atoms with Gasteiger partial charge in [-0.3, -0.25) is 14.9 Å². The molecule has 0 atom stereocenters. The van der Waals surface area contributed by atoms with E-state index in [4.69, 9.17) is 11.6 Å². The number of tetrazole rings is 2. The Labute approximate surface area is 245 Å². The molecule has 0 radical (unpaired) electrons. The summed E-state index contributed by atoms with van der Waals surface area (Å²) in [4.78, 5) is 28.3. The number of rotatable bonds is 6. The topological polar surface area (TPSA) is 204 Å². The Morgan fingerprint density at radius 2 is 1.48 bits per heavy atom. The molecule has 0 unspecified atom stereocenters. The van der Waals surface area contributed by atoms with Crippen molar-refractivity contribution in [3.63, 3.8) is 0 Å². The van der Waals surface area contributed by atoms with Crippen LogP contribution in [-0.2, 0) is 0 Å². The van der Waals surface area contributed by atoms with Crippen LogP contribution in [0, 0.1) is 11.3 Å². The summed E-state index contributed by atoms with van der Waals surface area (Å²) in [6.07, 6.45) is 1.59. The standard InChI is InChI=1S/C14H10ClN5O.C12H7N7OS/c15-12-8-9(13-17-19-20-18-13)6-7-11(12)14(21)16-10-4-2-1-3-5-10;13-6-8-5-7(10-16-18-19-17-10)1-2-9(8)11(20)15-12-14-3-4-21-12/h1-8H,(H,16,21)(H,17,18,19,20);1-5H,(H,14,15,20)(H,16,17,18,19). The van der Waals surface area contributed by atoms with E-state index in [1.54, 1.807) is 60.1 Å². The largest absolute Gasteiger partial charge is 0.322 e. The number of aromatic nitrogens is 9. The number of hydrogen-bond donors (Lipinski definition) is 4. The zero-order valence-electron chi connectivity index (χ0n) is 21.2. The van der Waals surface area contributed by atoms with Gasteiger partial charge in [0.1, 0.15) is 0 Å². The number of benzene rings is 3. The van der Waals surface area contributed by atoms with Crippen molar-refractivity contribution >= 4 is 45.6 Å². The number of para-hydroxylation sites is 1. The molecule has 0 aliphatic rings. The molecule has 42 heavy (non-hydrogen) atoms. The summed E-state index contributed by atoms with van der Waals surface area (Å²) >= 11 is 7.46. The quantitative estimate of drug-likeness (QED) is 0.215. The van der Waals surface area contributed by atoms with Crippen molar-refractivity contribution in [3.05, 3.63) is 100 Å². The lowest BCUT2D eigenvalue weighted by Crippen LogP contribution is -2.13. The van der Waals surface area contributed by atoms with Gasteiger partial charge in [0.05, 0.1) is 27.8 Å². The van der Waals surface area contributed by atoms with Crippen LogP contribution >= 0.6 is 22.9 Å². The number of carbonyl (C=O) groups is 2. The van der Waals surface area contributed by atoms with Crippen molar-refractivity contribution < 1.29 is 9.59 Å². The second-order valence-electron chi connectivity index (χ2n) is 8.15. The van der Waals surface area contributed by atoms with Gasteiger partial charge in [0, 0.05) is 28.4 Å². The SMILES string of the molecule is N#Cc1cc(-c2nn[nH]n2)ccc1C(=O)Nc1nccs1.O=C(Nc1ccccc1)c1ccc(-c2nn[nH]n2)cc1Cl. The maximum atomic E-state index is 12.2. The lowest BCUT2D eigenvalue weighted by atomic mass is 10.0. The number of aromatic amines is 2. The Morgan fingerprint density at radius 1 is 0.833 bits per heavy atom. The molecule has 206 valence electrons. The summed E-state index contributed by atoms with van der Waals surface area (Å²) in [5.74, 6) is 0.123. The zero-order valence-corrected chi connectivity index (χ0v) is 22.8. The number of amides is 2. The normalized spacial score (nSPS) is 10.2. The monoisotopic (exact) mass is 596 g/mol. The van der Waals surface area contributed by atoms with Crippen molar-refractivity contribution in [2.45, 2.75) is 0 Å². The minimum Gasteiger partial charge on any atom is -0.322 e. The summed E-state index contributed by atoms with van der Waals surface area (Å²) < 4.78 is 0. The van der Waals surface area contributed by atoms with Gasteiger partial charge in [-0.15, -0.1) is 31.7 Å². The van der Waals surface area contributed by atoms with E-state index in [1.807, 2.05) is 24.3 Å². The fraction of sp³-hybridized carbons (Fsp3) is 0. The highest BCUT2D eigenvalue weighted by molar-refractivity contribution is 7.13. The van der Waals surface area contributed by atoms with Crippen LogP contribution < -0.4 is 10.6 Å². The van der Waals surface area contributed by atoms with Crippen molar-refractivity contribution in [1.82, 2.24) is 46.2 Å². The van der Waals surface area contributed by atoms with E-state index in [0.717, 1.165) is 0 Å². The molecule has 6 rings (SSSR count). The van der Waals surface area contributed by atoms with Crippen molar-refractivity contribution in [3.8, 4) is 28.8 Å². The number of hydrogen-bond acceptors (Lipinski definition) is 11. The Hall–Kier alpha value is -5.85. The minimum absolute atomic E-state index is 0.228. The lowest BCUT2D eigenvalue weighted by Gasteiger charge is -2.07. The molecule has 3 aromatic heterocycles. The average Bonchev–Trinajstić information content (AvgIpc) is 3.82. The number of nitriles is 1.